The van der Waals surface area contributed by atoms with Crippen molar-refractivity contribution < 1.29 is 18.0 Å². The summed E-state index contributed by atoms with van der Waals surface area (Å²) in [4.78, 5) is 24.6. The average molecular weight is 691 g/mol. The van der Waals surface area contributed by atoms with E-state index in [0.29, 0.717) is 33.6 Å². The summed E-state index contributed by atoms with van der Waals surface area (Å²) in [7, 11) is 1.70. The summed E-state index contributed by atoms with van der Waals surface area (Å²) in [6.07, 6.45) is 0.489. The van der Waals surface area contributed by atoms with E-state index in [1.54, 1.807) is 13.1 Å². The van der Waals surface area contributed by atoms with Gasteiger partial charge in [-0.1, -0.05) is 13.0 Å². The highest BCUT2D eigenvalue weighted by molar-refractivity contribution is 7.18. The summed E-state index contributed by atoms with van der Waals surface area (Å²) >= 11 is 1.06. The maximum atomic E-state index is 13.1. The van der Waals surface area contributed by atoms with E-state index in [2.05, 4.69) is 67.4 Å². The third kappa shape index (κ3) is 5.70. The van der Waals surface area contributed by atoms with E-state index in [1.807, 2.05) is 6.07 Å². The molecule has 0 unspecified atom stereocenters. The minimum Gasteiger partial charge on any atom is -0.367 e. The topological polar surface area (TPSA) is 111 Å². The summed E-state index contributed by atoms with van der Waals surface area (Å²) in [5, 5.41) is 21.7. The van der Waals surface area contributed by atoms with E-state index >= 15 is 0 Å². The number of hydrogen-bond donors (Lipinski definition) is 3. The molecular formula is C36H41F3N8OS. The number of aryl methyl sites for hydroxylation is 1. The molecule has 4 aromatic rings. The molecule has 0 radical (unpaired) electrons. The number of alkyl halides is 3. The van der Waals surface area contributed by atoms with Crippen molar-refractivity contribution in [2.24, 2.45) is 17.3 Å². The second-order valence-corrected chi connectivity index (χ2v) is 16.0. The van der Waals surface area contributed by atoms with Crippen molar-refractivity contribution in [2.45, 2.75) is 89.6 Å². The molecule has 5 fully saturated rings. The average Bonchev–Trinajstić information content (AvgIpc) is 3.74. The molecular weight excluding hydrogens is 650 g/mol. The van der Waals surface area contributed by atoms with Gasteiger partial charge in [-0.05, 0) is 86.1 Å². The van der Waals surface area contributed by atoms with Crippen molar-refractivity contribution in [3.63, 3.8) is 0 Å². The summed E-state index contributed by atoms with van der Waals surface area (Å²) < 4.78 is 41.5. The van der Waals surface area contributed by atoms with Gasteiger partial charge in [0.15, 0.2) is 0 Å². The van der Waals surface area contributed by atoms with E-state index in [-0.39, 0.29) is 33.7 Å². The van der Waals surface area contributed by atoms with Crippen molar-refractivity contribution >= 4 is 50.1 Å². The van der Waals surface area contributed by atoms with Gasteiger partial charge in [0, 0.05) is 66.5 Å². The third-order valence-corrected chi connectivity index (χ3v) is 12.9. The first kappa shape index (κ1) is 32.3. The van der Waals surface area contributed by atoms with Crippen molar-refractivity contribution in [3.8, 4) is 6.07 Å². The zero-order valence-electron chi connectivity index (χ0n) is 28.0. The fourth-order valence-corrected chi connectivity index (χ4v) is 9.76. The second kappa shape index (κ2) is 11.6. The molecule has 1 atom stereocenters. The van der Waals surface area contributed by atoms with Crippen LogP contribution in [0.25, 0.3) is 21.1 Å². The number of fused-ring (bicyclic) bond motifs is 2. The van der Waals surface area contributed by atoms with Crippen LogP contribution in [0.3, 0.4) is 0 Å². The van der Waals surface area contributed by atoms with Crippen LogP contribution in [0, 0.1) is 35.5 Å². The Balaban J connectivity index is 0.923. The van der Waals surface area contributed by atoms with Gasteiger partial charge in [0.25, 0.3) is 0 Å². The maximum Gasteiger partial charge on any atom is 0.393 e. The maximum absolute atomic E-state index is 13.1. The second-order valence-electron chi connectivity index (χ2n) is 14.9. The molecule has 1 amide bonds. The lowest BCUT2D eigenvalue weighted by Gasteiger charge is -2.76. The fraction of sp³-hybridized carbons (Fsp3) is 0.556. The highest BCUT2D eigenvalue weighted by Crippen LogP contribution is 2.72. The largest absolute Gasteiger partial charge is 0.393 e. The van der Waals surface area contributed by atoms with Gasteiger partial charge < -0.3 is 20.5 Å². The van der Waals surface area contributed by atoms with Crippen molar-refractivity contribution in [1.29, 1.82) is 5.26 Å². The summed E-state index contributed by atoms with van der Waals surface area (Å²) in [5.74, 6) is 1.79. The third-order valence-electron chi connectivity index (χ3n) is 11.8. The number of nitrogens with one attached hydrogen (secondary N) is 3. The molecule has 2 bridgehead atoms. The molecule has 3 aromatic heterocycles. The van der Waals surface area contributed by atoms with Gasteiger partial charge in [-0.25, -0.2) is 4.98 Å². The monoisotopic (exact) mass is 690 g/mol. The van der Waals surface area contributed by atoms with Crippen molar-refractivity contribution in [1.82, 2.24) is 24.8 Å². The van der Waals surface area contributed by atoms with Crippen LogP contribution in [0.1, 0.15) is 67.1 Å². The zero-order valence-corrected chi connectivity index (χ0v) is 28.8. The highest BCUT2D eigenvalue weighted by Gasteiger charge is 2.74. The molecule has 5 aliphatic rings. The Hall–Kier alpha value is -3.89. The number of piperidine rings is 1. The molecule has 49 heavy (non-hydrogen) atoms. The van der Waals surface area contributed by atoms with Crippen molar-refractivity contribution in [2.75, 3.05) is 30.8 Å². The highest BCUT2D eigenvalue weighted by atomic mass is 32.1. The predicted octanol–water partition coefficient (Wildman–Crippen LogP) is 6.74. The SMILES string of the molecule is CNc1nc(NC2CCN(Cc3ccc4c(cc(C#N)n4CC45CC(NC(=O)C6CC6)(C4)[C@H]5C)c3C)CC2)c2cc(CC(F)(F)F)sc2n1. The number of amides is 1. The summed E-state index contributed by atoms with van der Waals surface area (Å²) in [6, 6.07) is 10.6. The molecule has 4 heterocycles. The fourth-order valence-electron chi connectivity index (χ4n) is 8.70. The standard InChI is InChI=1S/C36H41F3N8OS/c1-20-23(6-7-29-27(20)12-25(15-40)47(29)19-34-17-35(18-34,21(34)2)45-31(48)22-4-5-22)16-46-10-8-24(9-11-46)42-30-28-13-26(14-36(37,38)39)49-32(28)44-33(41-3)43-30/h6-7,12-13,21-22,24H,4-5,8-11,14,16-19H2,1-3H3,(H,45,48)(H2,41,42,43,44)/t21-,34?,35?/m0/s1. The van der Waals surface area contributed by atoms with Crippen molar-refractivity contribution in [3.05, 3.63) is 46.0 Å². The van der Waals surface area contributed by atoms with Crippen LogP contribution < -0.4 is 16.0 Å². The number of nitriles is 1. The Morgan fingerprint density at radius 3 is 2.53 bits per heavy atom. The Labute approximate surface area is 287 Å². The van der Waals surface area contributed by atoms with Crippen LogP contribution in [-0.2, 0) is 24.3 Å². The number of anilines is 2. The van der Waals surface area contributed by atoms with Gasteiger partial charge in [0.05, 0.1) is 11.8 Å². The quantitative estimate of drug-likeness (QED) is 0.169. The molecule has 4 saturated carbocycles. The Morgan fingerprint density at radius 1 is 1.12 bits per heavy atom. The first-order valence-electron chi connectivity index (χ1n) is 17.3. The zero-order chi connectivity index (χ0) is 34.3. The lowest BCUT2D eigenvalue weighted by molar-refractivity contribution is -0.228. The number of aromatic nitrogens is 3. The Bertz CT molecular complexity index is 1990. The normalized spacial score (nSPS) is 25.5. The predicted molar refractivity (Wildman–Crippen MR) is 184 cm³/mol. The molecule has 0 spiro atoms. The van der Waals surface area contributed by atoms with Gasteiger partial charge in [-0.15, -0.1) is 11.3 Å². The number of carbonyl (C=O) groups is 1. The van der Waals surface area contributed by atoms with E-state index in [9.17, 15) is 23.2 Å². The van der Waals surface area contributed by atoms with E-state index < -0.39 is 12.6 Å². The number of likely N-dealkylation sites (tertiary alicyclic amines) is 1. The number of thiophene rings is 1. The molecule has 3 N–H and O–H groups in total. The first-order chi connectivity index (χ1) is 23.4. The smallest absolute Gasteiger partial charge is 0.367 e. The van der Waals surface area contributed by atoms with Crippen LogP contribution in [-0.4, -0.2) is 63.2 Å². The van der Waals surface area contributed by atoms with Gasteiger partial charge in [0.1, 0.15) is 22.4 Å². The van der Waals surface area contributed by atoms with Gasteiger partial charge >= 0.3 is 6.18 Å². The first-order valence-corrected chi connectivity index (χ1v) is 18.1. The van der Waals surface area contributed by atoms with Crippen LogP contribution in [0.4, 0.5) is 24.9 Å². The molecule has 9 nitrogen and oxygen atoms in total. The van der Waals surface area contributed by atoms with Gasteiger partial charge in [-0.2, -0.15) is 23.4 Å². The number of carbonyl (C=O) groups excluding carboxylic acids is 1. The van der Waals surface area contributed by atoms with E-state index in [4.69, 9.17) is 0 Å². The molecule has 4 aliphatic carbocycles. The number of benzene rings is 1. The van der Waals surface area contributed by atoms with Crippen LogP contribution >= 0.6 is 11.3 Å². The van der Waals surface area contributed by atoms with E-state index in [1.165, 1.54) is 11.1 Å². The van der Waals surface area contributed by atoms with Crippen LogP contribution in [0.5, 0.6) is 0 Å². The summed E-state index contributed by atoms with van der Waals surface area (Å²) in [6.45, 7) is 7.74. The number of rotatable bonds is 10. The molecule has 1 aromatic carbocycles. The number of nitrogens with zero attached hydrogens (tertiary/aromatic N) is 5. The lowest BCUT2D eigenvalue weighted by atomic mass is 9.33. The Kier molecular flexibility index (Phi) is 7.64. The summed E-state index contributed by atoms with van der Waals surface area (Å²) in [5.41, 5.74) is 4.29. The molecule has 1 saturated heterocycles. The minimum absolute atomic E-state index is 0.0533. The Morgan fingerprint density at radius 2 is 1.88 bits per heavy atom. The van der Waals surface area contributed by atoms with Crippen LogP contribution in [0.2, 0.25) is 0 Å². The van der Waals surface area contributed by atoms with Gasteiger partial charge in [-0.3, -0.25) is 9.69 Å². The van der Waals surface area contributed by atoms with E-state index in [0.717, 1.165) is 86.9 Å². The minimum atomic E-state index is -4.28. The molecule has 258 valence electrons. The van der Waals surface area contributed by atoms with Crippen LogP contribution in [0.15, 0.2) is 24.3 Å². The number of halogens is 3. The molecule has 13 heteroatoms. The lowest BCUT2D eigenvalue weighted by Crippen LogP contribution is -2.81. The van der Waals surface area contributed by atoms with Gasteiger partial charge in [0.2, 0.25) is 11.9 Å². The molecule has 1 aliphatic heterocycles. The molecule has 9 rings (SSSR count). The number of hydrogen-bond acceptors (Lipinski definition) is 8.